The summed E-state index contributed by atoms with van der Waals surface area (Å²) >= 11 is 0. The predicted octanol–water partition coefficient (Wildman–Crippen LogP) is 5.33. The number of hydrogen-bond acceptors (Lipinski definition) is 9. The van der Waals surface area contributed by atoms with Crippen LogP contribution in [0.5, 0.6) is 11.6 Å². The molecule has 0 radical (unpaired) electrons. The summed E-state index contributed by atoms with van der Waals surface area (Å²) in [6, 6.07) is 3.87. The SMILES string of the molecule is CC(C)N(C(=O)c1cc(F)ccc1Oc1nncnc1N1CC2(CCN(C[C@@H]3CC4CCC3CC43COC(=O)C3)CC2)C1)C(C)C. The molecule has 6 fully saturated rings. The number of amides is 1. The van der Waals surface area contributed by atoms with Crippen LogP contribution in [0.4, 0.5) is 10.2 Å². The molecule has 3 saturated heterocycles. The van der Waals surface area contributed by atoms with Gasteiger partial charge in [-0.25, -0.2) is 9.37 Å². The number of anilines is 1. The van der Waals surface area contributed by atoms with E-state index in [1.165, 1.54) is 56.8 Å². The summed E-state index contributed by atoms with van der Waals surface area (Å²) in [5.74, 6) is 2.34. The van der Waals surface area contributed by atoms with E-state index in [1.54, 1.807) is 4.90 Å². The molecule has 1 aromatic heterocycles. The molecule has 1 aromatic carbocycles. The van der Waals surface area contributed by atoms with E-state index < -0.39 is 5.82 Å². The Balaban J connectivity index is 0.970. The molecule has 2 spiro atoms. The number of likely N-dealkylation sites (tertiary alicyclic amines) is 1. The maximum absolute atomic E-state index is 14.4. The molecule has 3 saturated carbocycles. The van der Waals surface area contributed by atoms with Crippen LogP contribution in [0.2, 0.25) is 0 Å². The number of cyclic esters (lactones) is 1. The maximum atomic E-state index is 14.4. The minimum atomic E-state index is -0.503. The van der Waals surface area contributed by atoms with Gasteiger partial charge in [0.1, 0.15) is 17.9 Å². The Kier molecular flexibility index (Phi) is 8.18. The van der Waals surface area contributed by atoms with Gasteiger partial charge in [0.15, 0.2) is 5.82 Å². The quantitative estimate of drug-likeness (QED) is 0.357. The lowest BCUT2D eigenvalue weighted by Gasteiger charge is -2.56. The van der Waals surface area contributed by atoms with Crippen molar-refractivity contribution < 1.29 is 23.5 Å². The second-order valence-electron chi connectivity index (χ2n) is 15.3. The molecule has 3 aliphatic carbocycles. The molecule has 6 aliphatic rings. The molecule has 3 unspecified atom stereocenters. The first-order valence-electron chi connectivity index (χ1n) is 17.2. The van der Waals surface area contributed by atoms with Crippen molar-refractivity contribution in [2.24, 2.45) is 28.6 Å². The minimum absolute atomic E-state index is 0.00586. The summed E-state index contributed by atoms with van der Waals surface area (Å²) in [6.45, 7) is 13.5. The number of hydrogen-bond donors (Lipinski definition) is 0. The number of rotatable bonds is 8. The van der Waals surface area contributed by atoms with Crippen molar-refractivity contribution in [2.75, 3.05) is 44.2 Å². The van der Waals surface area contributed by atoms with Crippen molar-refractivity contribution in [2.45, 2.75) is 84.7 Å². The van der Waals surface area contributed by atoms with Gasteiger partial charge in [0, 0.05) is 42.5 Å². The van der Waals surface area contributed by atoms with E-state index in [2.05, 4.69) is 25.0 Å². The average Bonchev–Trinajstić information content (AvgIpc) is 3.37. The number of esters is 1. The van der Waals surface area contributed by atoms with E-state index in [9.17, 15) is 14.0 Å². The number of carbonyl (C=O) groups excluding carboxylic acids is 2. The monoisotopic (exact) mass is 634 g/mol. The van der Waals surface area contributed by atoms with Gasteiger partial charge in [-0.05, 0) is 115 Å². The molecule has 3 aliphatic heterocycles. The van der Waals surface area contributed by atoms with Crippen molar-refractivity contribution in [3.63, 3.8) is 0 Å². The zero-order valence-corrected chi connectivity index (χ0v) is 27.6. The Labute approximate surface area is 271 Å². The van der Waals surface area contributed by atoms with Gasteiger partial charge in [0.25, 0.3) is 11.8 Å². The molecule has 0 N–H and O–H groups in total. The summed E-state index contributed by atoms with van der Waals surface area (Å²) in [5.41, 5.74) is 0.520. The van der Waals surface area contributed by atoms with Crippen molar-refractivity contribution in [3.8, 4) is 11.6 Å². The largest absolute Gasteiger partial charge is 0.465 e. The van der Waals surface area contributed by atoms with Gasteiger partial charge < -0.3 is 24.2 Å². The van der Waals surface area contributed by atoms with E-state index in [0.717, 1.165) is 44.9 Å². The van der Waals surface area contributed by atoms with Crippen LogP contribution >= 0.6 is 0 Å². The molecular formula is C35H47FN6O4. The highest BCUT2D eigenvalue weighted by atomic mass is 19.1. The lowest BCUT2D eigenvalue weighted by atomic mass is 9.52. The molecular weight excluding hydrogens is 587 g/mol. The second-order valence-corrected chi connectivity index (χ2v) is 15.3. The zero-order valence-electron chi connectivity index (χ0n) is 27.6. The highest BCUT2D eigenvalue weighted by molar-refractivity contribution is 5.97. The van der Waals surface area contributed by atoms with Gasteiger partial charge in [-0.1, -0.05) is 0 Å². The highest BCUT2D eigenvalue weighted by Crippen LogP contribution is 2.58. The van der Waals surface area contributed by atoms with E-state index in [-0.39, 0.29) is 52.0 Å². The summed E-state index contributed by atoms with van der Waals surface area (Å²) in [7, 11) is 0. The molecule has 2 bridgehead atoms. The number of carbonyl (C=O) groups is 2. The van der Waals surface area contributed by atoms with E-state index in [4.69, 9.17) is 9.47 Å². The average molecular weight is 635 g/mol. The first kappa shape index (κ1) is 31.3. The van der Waals surface area contributed by atoms with Gasteiger partial charge in [0.05, 0.1) is 18.6 Å². The minimum Gasteiger partial charge on any atom is -0.465 e. The summed E-state index contributed by atoms with van der Waals surface area (Å²) in [6.07, 6.45) is 9.31. The Morgan fingerprint density at radius 1 is 1.15 bits per heavy atom. The lowest BCUT2D eigenvalue weighted by molar-refractivity contribution is -0.137. The summed E-state index contributed by atoms with van der Waals surface area (Å²) in [5, 5.41) is 8.21. The number of aromatic nitrogens is 3. The van der Waals surface area contributed by atoms with E-state index in [1.807, 2.05) is 27.7 Å². The molecule has 4 atom stereocenters. The number of benzene rings is 1. The van der Waals surface area contributed by atoms with Crippen LogP contribution in [0, 0.1) is 34.4 Å². The molecule has 248 valence electrons. The van der Waals surface area contributed by atoms with Crippen molar-refractivity contribution in [3.05, 3.63) is 35.9 Å². The molecule has 1 amide bonds. The molecule has 8 rings (SSSR count). The normalized spacial score (nSPS) is 28.6. The van der Waals surface area contributed by atoms with Gasteiger partial charge in [-0.15, -0.1) is 10.2 Å². The standard InChI is InChI=1S/C35H47FN6O4/c1-22(2)42(23(3)4)33(44)28-14-27(36)7-8-29(28)46-32-31(37-21-38-39-32)41-18-34(19-41)9-11-40(12-10-34)17-25-13-26-6-5-24(25)15-35(26)16-30(43)45-20-35/h7-8,14,21-26H,5-6,9-13,15-20H2,1-4H3/t24?,25-,26?,35?/m0/s1. The first-order valence-corrected chi connectivity index (χ1v) is 17.2. The van der Waals surface area contributed by atoms with Gasteiger partial charge in [0.2, 0.25) is 0 Å². The molecule has 11 heteroatoms. The summed E-state index contributed by atoms with van der Waals surface area (Å²) in [4.78, 5) is 36.6. The summed E-state index contributed by atoms with van der Waals surface area (Å²) < 4.78 is 26.0. The number of halogens is 1. The number of nitrogens with zero attached hydrogens (tertiary/aromatic N) is 6. The van der Waals surface area contributed by atoms with Crippen LogP contribution in [-0.4, -0.2) is 88.3 Å². The zero-order chi connectivity index (χ0) is 32.2. The van der Waals surface area contributed by atoms with Crippen LogP contribution in [0.15, 0.2) is 24.5 Å². The van der Waals surface area contributed by atoms with E-state index >= 15 is 0 Å². The van der Waals surface area contributed by atoms with Crippen LogP contribution in [0.25, 0.3) is 0 Å². The second kappa shape index (κ2) is 12.0. The van der Waals surface area contributed by atoms with E-state index in [0.29, 0.717) is 30.7 Å². The molecule has 46 heavy (non-hydrogen) atoms. The topological polar surface area (TPSA) is 101 Å². The van der Waals surface area contributed by atoms with Crippen LogP contribution in [-0.2, 0) is 9.53 Å². The van der Waals surface area contributed by atoms with Crippen LogP contribution in [0.1, 0.15) is 83.0 Å². The van der Waals surface area contributed by atoms with Gasteiger partial charge in [-0.2, -0.15) is 0 Å². The smallest absolute Gasteiger partial charge is 0.306 e. The predicted molar refractivity (Wildman–Crippen MR) is 170 cm³/mol. The highest BCUT2D eigenvalue weighted by Gasteiger charge is 2.55. The third-order valence-corrected chi connectivity index (χ3v) is 11.8. The number of fused-ring (bicyclic) bond motifs is 2. The van der Waals surface area contributed by atoms with Gasteiger partial charge in [-0.3, -0.25) is 9.59 Å². The number of ether oxygens (including phenoxy) is 2. The maximum Gasteiger partial charge on any atom is 0.306 e. The van der Waals surface area contributed by atoms with Crippen molar-refractivity contribution in [1.82, 2.24) is 25.0 Å². The Morgan fingerprint density at radius 3 is 2.57 bits per heavy atom. The molecule has 4 heterocycles. The Bertz CT molecular complexity index is 1460. The fourth-order valence-corrected chi connectivity index (χ4v) is 9.45. The fourth-order valence-electron chi connectivity index (χ4n) is 9.45. The Hall–Kier alpha value is -3.34. The fraction of sp³-hybridized carbons (Fsp3) is 0.686. The van der Waals surface area contributed by atoms with Crippen LogP contribution < -0.4 is 9.64 Å². The molecule has 10 nitrogen and oxygen atoms in total. The molecule has 2 aromatic rings. The lowest BCUT2D eigenvalue weighted by Crippen LogP contribution is -2.61. The number of piperidine rings is 1. The van der Waals surface area contributed by atoms with Gasteiger partial charge >= 0.3 is 5.97 Å². The first-order chi connectivity index (χ1) is 22.0. The third-order valence-electron chi connectivity index (χ3n) is 11.8. The van der Waals surface area contributed by atoms with Crippen molar-refractivity contribution in [1.29, 1.82) is 0 Å². The third kappa shape index (κ3) is 5.73. The Morgan fingerprint density at radius 2 is 1.91 bits per heavy atom. The van der Waals surface area contributed by atoms with Crippen LogP contribution in [0.3, 0.4) is 0 Å². The van der Waals surface area contributed by atoms with Crippen molar-refractivity contribution >= 4 is 17.7 Å².